The molecule has 0 unspecified atom stereocenters. The highest BCUT2D eigenvalue weighted by atomic mass is 32.2. The van der Waals surface area contributed by atoms with Crippen LogP contribution in [0.4, 0.5) is 0 Å². The summed E-state index contributed by atoms with van der Waals surface area (Å²) in [5.74, 6) is -4.80. The number of carbonyl (C=O) groups is 7. The highest BCUT2D eigenvalue weighted by molar-refractivity contribution is 8.13. The molecule has 0 saturated heterocycles. The summed E-state index contributed by atoms with van der Waals surface area (Å²) in [5.41, 5.74) is 7.12. The van der Waals surface area contributed by atoms with E-state index in [0.717, 1.165) is 17.3 Å². The van der Waals surface area contributed by atoms with Gasteiger partial charge in [-0.1, -0.05) is 86.3 Å². The predicted molar refractivity (Wildman–Crippen MR) is 205 cm³/mol. The topological polar surface area (TPSA) is 278 Å². The summed E-state index contributed by atoms with van der Waals surface area (Å²) in [4.78, 5) is 90.7. The van der Waals surface area contributed by atoms with E-state index < -0.39 is 91.0 Å². The number of rotatable bonds is 22. The van der Waals surface area contributed by atoms with E-state index in [2.05, 4.69) is 31.9 Å². The molecule has 0 heterocycles. The first-order valence-electron chi connectivity index (χ1n) is 17.7. The average molecular weight is 788 g/mol. The van der Waals surface area contributed by atoms with Gasteiger partial charge in [0.2, 0.25) is 40.6 Å². The maximum atomic E-state index is 13.6. The Balaban J connectivity index is 2.12. The zero-order valence-electron chi connectivity index (χ0n) is 31.3. The second-order valence-electron chi connectivity index (χ2n) is 13.3. The summed E-state index contributed by atoms with van der Waals surface area (Å²) in [7, 11) is 0. The van der Waals surface area contributed by atoms with Crippen molar-refractivity contribution in [3.63, 3.8) is 0 Å². The van der Waals surface area contributed by atoms with Gasteiger partial charge in [0.15, 0.2) is 0 Å². The molecular weight excluding hydrogens is 735 g/mol. The van der Waals surface area contributed by atoms with E-state index in [0.29, 0.717) is 11.3 Å². The van der Waals surface area contributed by atoms with Crippen LogP contribution in [0, 0.1) is 5.92 Å². The van der Waals surface area contributed by atoms with Gasteiger partial charge < -0.3 is 53.0 Å². The zero-order valence-corrected chi connectivity index (χ0v) is 32.1. The first-order valence-corrected chi connectivity index (χ1v) is 18.7. The van der Waals surface area contributed by atoms with Crippen molar-refractivity contribution >= 4 is 52.3 Å². The highest BCUT2D eigenvalue weighted by Crippen LogP contribution is 2.13. The van der Waals surface area contributed by atoms with Gasteiger partial charge in [-0.25, -0.2) is 0 Å². The number of aliphatic hydroxyl groups is 3. The number of thioether (sulfide) groups is 1. The van der Waals surface area contributed by atoms with Crippen LogP contribution in [0.1, 0.15) is 45.2 Å². The third kappa shape index (κ3) is 16.6. The first kappa shape index (κ1) is 46.3. The van der Waals surface area contributed by atoms with Crippen molar-refractivity contribution < 1.29 is 48.9 Å². The van der Waals surface area contributed by atoms with E-state index >= 15 is 0 Å². The molecule has 2 aromatic rings. The van der Waals surface area contributed by atoms with Crippen molar-refractivity contribution in [2.45, 2.75) is 88.6 Å². The number of benzene rings is 2. The molecule has 0 radical (unpaired) electrons. The predicted octanol–water partition coefficient (Wildman–Crippen LogP) is -2.01. The lowest BCUT2D eigenvalue weighted by Gasteiger charge is -2.26. The van der Waals surface area contributed by atoms with Crippen LogP contribution in [-0.4, -0.2) is 118 Å². The lowest BCUT2D eigenvalue weighted by molar-refractivity contribution is -0.136. The third-order valence-electron chi connectivity index (χ3n) is 8.11. The van der Waals surface area contributed by atoms with Crippen molar-refractivity contribution in [3.05, 3.63) is 71.8 Å². The number of hydrogen-bond acceptors (Lipinski definition) is 12. The molecule has 11 N–H and O–H groups in total. The van der Waals surface area contributed by atoms with E-state index in [4.69, 9.17) is 5.73 Å². The Bertz CT molecular complexity index is 1580. The van der Waals surface area contributed by atoms with Crippen molar-refractivity contribution in [2.24, 2.45) is 11.7 Å². The fraction of sp³-hybridized carbons (Fsp3) is 0.486. The molecule has 7 atom stereocenters. The fourth-order valence-corrected chi connectivity index (χ4v) is 5.62. The van der Waals surface area contributed by atoms with Gasteiger partial charge in [-0.3, -0.25) is 33.6 Å². The molecule has 0 aliphatic heterocycles. The lowest BCUT2D eigenvalue weighted by atomic mass is 10.0. The molecule has 0 bridgehead atoms. The summed E-state index contributed by atoms with van der Waals surface area (Å²) in [6.45, 7) is 4.15. The Labute approximate surface area is 324 Å². The quantitative estimate of drug-likeness (QED) is 0.0620. The van der Waals surface area contributed by atoms with E-state index in [9.17, 15) is 48.9 Å². The second-order valence-corrected chi connectivity index (χ2v) is 14.3. The van der Waals surface area contributed by atoms with E-state index in [1.54, 1.807) is 30.3 Å². The fourth-order valence-electron chi connectivity index (χ4n) is 4.93. The minimum Gasteiger partial charge on any atom is -0.394 e. The largest absolute Gasteiger partial charge is 0.394 e. The molecule has 2 aromatic carbocycles. The standard InChI is InChI=1S/C37H53N7O10S/c1-21(2)15-26(33(50)39-17-30(48)55-20-25-13-9-6-10-14-25)41-36(53)29(19-46)44-34(51)27(16-24-11-7-5-8-12-24)42-35(52)28(18-45)43-32(49)22(3)40-37(54)31(38)23(4)47/h5-14,21-23,26-29,31,45-47H,15-20,38H2,1-4H3,(H,39,50)(H,40,54)(H,41,53)(H,42,52)(H,43,49)(H,44,51)/t22-,23+,26-,27-,28-,29-,31-/m0/s1. The number of hydrogen-bond donors (Lipinski definition) is 10. The summed E-state index contributed by atoms with van der Waals surface area (Å²) < 4.78 is 0. The van der Waals surface area contributed by atoms with Crippen LogP contribution in [0.25, 0.3) is 0 Å². The van der Waals surface area contributed by atoms with Crippen LogP contribution >= 0.6 is 11.8 Å². The smallest absolute Gasteiger partial charge is 0.245 e. The van der Waals surface area contributed by atoms with E-state index in [1.165, 1.54) is 13.8 Å². The van der Waals surface area contributed by atoms with Crippen LogP contribution in [0.15, 0.2) is 60.7 Å². The average Bonchev–Trinajstić information content (AvgIpc) is 3.16. The van der Waals surface area contributed by atoms with Crippen LogP contribution in [-0.2, 0) is 45.7 Å². The minimum atomic E-state index is -1.58. The Hall–Kier alpha value is -4.88. The molecule has 0 aliphatic rings. The Kier molecular flexibility index (Phi) is 20.0. The van der Waals surface area contributed by atoms with Crippen molar-refractivity contribution in [1.29, 1.82) is 0 Å². The molecule has 55 heavy (non-hydrogen) atoms. The van der Waals surface area contributed by atoms with Crippen molar-refractivity contribution in [3.8, 4) is 0 Å². The van der Waals surface area contributed by atoms with Crippen molar-refractivity contribution in [1.82, 2.24) is 31.9 Å². The number of carbonyl (C=O) groups excluding carboxylic acids is 7. The minimum absolute atomic E-state index is 0.0760. The Morgan fingerprint density at radius 2 is 1.09 bits per heavy atom. The molecule has 17 nitrogen and oxygen atoms in total. The Morgan fingerprint density at radius 3 is 1.60 bits per heavy atom. The molecule has 0 aromatic heterocycles. The summed E-state index contributed by atoms with van der Waals surface area (Å²) in [5, 5.41) is 43.8. The Morgan fingerprint density at radius 1 is 0.618 bits per heavy atom. The molecular formula is C37H53N7O10S. The lowest BCUT2D eigenvalue weighted by Crippen LogP contribution is -2.61. The number of amides is 6. The highest BCUT2D eigenvalue weighted by Gasteiger charge is 2.32. The SMILES string of the molecule is CC(C)C[C@H](NC(=O)[C@H](CO)NC(=O)[C@H](Cc1ccccc1)NC(=O)[C@H](CO)NC(=O)[C@H](C)NC(=O)[C@@H](N)[C@@H](C)O)C(=O)NCC(=O)SCc1ccccc1. The number of nitrogens with one attached hydrogen (secondary N) is 6. The summed E-state index contributed by atoms with van der Waals surface area (Å²) in [6, 6.07) is 9.58. The zero-order chi connectivity index (χ0) is 41.1. The molecule has 0 aliphatic carbocycles. The maximum absolute atomic E-state index is 13.6. The maximum Gasteiger partial charge on any atom is 0.245 e. The monoisotopic (exact) mass is 787 g/mol. The number of nitrogens with two attached hydrogens (primary N) is 1. The molecule has 302 valence electrons. The van der Waals surface area contributed by atoms with E-state index in [-0.39, 0.29) is 30.4 Å². The molecule has 18 heteroatoms. The van der Waals surface area contributed by atoms with Crippen LogP contribution < -0.4 is 37.6 Å². The van der Waals surface area contributed by atoms with Gasteiger partial charge in [0, 0.05) is 12.2 Å². The summed E-state index contributed by atoms with van der Waals surface area (Å²) in [6.07, 6.45) is -1.14. The van der Waals surface area contributed by atoms with Gasteiger partial charge in [0.1, 0.15) is 36.3 Å². The molecule has 2 rings (SSSR count). The van der Waals surface area contributed by atoms with Crippen LogP contribution in [0.5, 0.6) is 0 Å². The van der Waals surface area contributed by atoms with Crippen molar-refractivity contribution in [2.75, 3.05) is 19.8 Å². The molecule has 0 fully saturated rings. The first-order chi connectivity index (χ1) is 26.1. The van der Waals surface area contributed by atoms with E-state index in [1.807, 2.05) is 44.2 Å². The molecule has 6 amide bonds. The second kappa shape index (κ2) is 23.8. The van der Waals surface area contributed by atoms with Gasteiger partial charge in [0.05, 0.1) is 25.9 Å². The molecule has 0 spiro atoms. The van der Waals surface area contributed by atoms with Crippen LogP contribution in [0.2, 0.25) is 0 Å². The van der Waals surface area contributed by atoms with Gasteiger partial charge in [-0.2, -0.15) is 0 Å². The summed E-state index contributed by atoms with van der Waals surface area (Å²) >= 11 is 1.03. The van der Waals surface area contributed by atoms with Gasteiger partial charge in [-0.05, 0) is 37.3 Å². The van der Waals surface area contributed by atoms with Crippen LogP contribution in [0.3, 0.4) is 0 Å². The normalized spacial score (nSPS) is 14.9. The van der Waals surface area contributed by atoms with Gasteiger partial charge in [-0.15, -0.1) is 0 Å². The van der Waals surface area contributed by atoms with Gasteiger partial charge >= 0.3 is 0 Å². The molecule has 0 saturated carbocycles. The van der Waals surface area contributed by atoms with Gasteiger partial charge in [0.25, 0.3) is 0 Å². The third-order valence-corrected chi connectivity index (χ3v) is 9.05. The number of aliphatic hydroxyl groups excluding tert-OH is 3.